The summed E-state index contributed by atoms with van der Waals surface area (Å²) in [6, 6.07) is 0. The van der Waals surface area contributed by atoms with Gasteiger partial charge in [-0.2, -0.15) is 5.06 Å². The van der Waals surface area contributed by atoms with Crippen LogP contribution in [0, 0.1) is 0 Å². The van der Waals surface area contributed by atoms with Crippen molar-refractivity contribution in [3.8, 4) is 0 Å². The first kappa shape index (κ1) is 7.88. The lowest BCUT2D eigenvalue weighted by Gasteiger charge is -2.09. The number of nitrogens with one attached hydrogen (secondary N) is 1. The van der Waals surface area contributed by atoms with Gasteiger partial charge >= 0.3 is 0 Å². The molecule has 0 saturated carbocycles. The lowest BCUT2D eigenvalue weighted by molar-refractivity contribution is -0.126. The smallest absolute Gasteiger partial charge is 0.119 e. The highest BCUT2D eigenvalue weighted by molar-refractivity contribution is 4.24. The van der Waals surface area contributed by atoms with E-state index in [4.69, 9.17) is 4.84 Å². The second-order valence-electron chi connectivity index (χ2n) is 1.69. The molecular formula is C5H14N2O. The Balaban J connectivity index is 2.72. The molecule has 1 N–H and O–H groups in total. The molecule has 0 unspecified atom stereocenters. The predicted octanol–water partition coefficient (Wildman–Crippen LogP) is 0.0466. The molecule has 0 heterocycles. The van der Waals surface area contributed by atoms with Crippen LogP contribution in [0.25, 0.3) is 0 Å². The third-order valence-corrected chi connectivity index (χ3v) is 0.675. The fourth-order valence-corrected chi connectivity index (χ4v) is 0.277. The van der Waals surface area contributed by atoms with E-state index in [1.807, 2.05) is 21.0 Å². The molecule has 0 aromatic heterocycles. The minimum Gasteiger partial charge on any atom is -0.293 e. The van der Waals surface area contributed by atoms with E-state index in [-0.39, 0.29) is 0 Å². The topological polar surface area (TPSA) is 24.5 Å². The maximum absolute atomic E-state index is 5.00. The molecule has 3 nitrogen and oxygen atoms in total. The van der Waals surface area contributed by atoms with Gasteiger partial charge in [-0.15, -0.1) is 0 Å². The van der Waals surface area contributed by atoms with E-state index in [9.17, 15) is 0 Å². The average Bonchev–Trinajstić information content (AvgIpc) is 1.66. The maximum atomic E-state index is 5.00. The summed E-state index contributed by atoms with van der Waals surface area (Å²) in [5, 5.41) is 4.69. The largest absolute Gasteiger partial charge is 0.293 e. The van der Waals surface area contributed by atoms with Crippen LogP contribution in [0.1, 0.15) is 6.92 Å². The van der Waals surface area contributed by atoms with Crippen LogP contribution in [0.15, 0.2) is 0 Å². The highest BCUT2D eigenvalue weighted by atomic mass is 16.7. The van der Waals surface area contributed by atoms with E-state index in [1.54, 1.807) is 5.06 Å². The lowest BCUT2D eigenvalue weighted by atomic mass is 10.8. The molecule has 0 aliphatic carbocycles. The first-order valence-electron chi connectivity index (χ1n) is 2.78. The summed E-state index contributed by atoms with van der Waals surface area (Å²) in [6.07, 6.45) is 0. The van der Waals surface area contributed by atoms with Gasteiger partial charge in [0.25, 0.3) is 0 Å². The van der Waals surface area contributed by atoms with Gasteiger partial charge in [0.05, 0.1) is 0 Å². The van der Waals surface area contributed by atoms with Gasteiger partial charge in [0, 0.05) is 14.1 Å². The van der Waals surface area contributed by atoms with E-state index < -0.39 is 0 Å². The van der Waals surface area contributed by atoms with Gasteiger partial charge in [0.1, 0.15) is 6.73 Å². The van der Waals surface area contributed by atoms with E-state index in [2.05, 4.69) is 5.32 Å². The van der Waals surface area contributed by atoms with Crippen LogP contribution in [0.2, 0.25) is 0 Å². The van der Waals surface area contributed by atoms with Crippen molar-refractivity contribution in [3.63, 3.8) is 0 Å². The molecular weight excluding hydrogens is 104 g/mol. The monoisotopic (exact) mass is 118 g/mol. The van der Waals surface area contributed by atoms with Crippen LogP contribution < -0.4 is 5.32 Å². The second kappa shape index (κ2) is 5.03. The number of hydrogen-bond acceptors (Lipinski definition) is 3. The van der Waals surface area contributed by atoms with Crippen molar-refractivity contribution in [3.05, 3.63) is 0 Å². The molecule has 0 atom stereocenters. The third kappa shape index (κ3) is 5.88. The minimum absolute atomic E-state index is 0.601. The molecule has 0 amide bonds. The number of hydrogen-bond donors (Lipinski definition) is 1. The van der Waals surface area contributed by atoms with E-state index in [0.29, 0.717) is 6.73 Å². The van der Waals surface area contributed by atoms with E-state index in [0.717, 1.165) is 6.54 Å². The number of hydroxylamine groups is 2. The molecule has 0 rings (SSSR count). The van der Waals surface area contributed by atoms with Gasteiger partial charge < -0.3 is 0 Å². The average molecular weight is 118 g/mol. The van der Waals surface area contributed by atoms with Crippen molar-refractivity contribution < 1.29 is 4.84 Å². The molecule has 0 spiro atoms. The minimum atomic E-state index is 0.601. The highest BCUT2D eigenvalue weighted by Gasteiger charge is 1.83. The van der Waals surface area contributed by atoms with Crippen molar-refractivity contribution in [2.24, 2.45) is 0 Å². The zero-order valence-electron chi connectivity index (χ0n) is 5.77. The standard InChI is InChI=1S/C5H14N2O/c1-4-6-5-8-7(2)3/h6H,4-5H2,1-3H3. The van der Waals surface area contributed by atoms with Crippen molar-refractivity contribution in [1.29, 1.82) is 0 Å². The van der Waals surface area contributed by atoms with Gasteiger partial charge in [-0.1, -0.05) is 6.92 Å². The molecule has 0 bridgehead atoms. The summed E-state index contributed by atoms with van der Waals surface area (Å²) in [5.41, 5.74) is 0. The number of nitrogens with zero attached hydrogens (tertiary/aromatic N) is 1. The summed E-state index contributed by atoms with van der Waals surface area (Å²) < 4.78 is 0. The van der Waals surface area contributed by atoms with Gasteiger partial charge in [0.15, 0.2) is 0 Å². The first-order chi connectivity index (χ1) is 3.77. The second-order valence-corrected chi connectivity index (χ2v) is 1.69. The number of rotatable bonds is 4. The molecule has 0 saturated heterocycles. The van der Waals surface area contributed by atoms with Crippen molar-refractivity contribution in [2.45, 2.75) is 6.92 Å². The van der Waals surface area contributed by atoms with Gasteiger partial charge in [0.2, 0.25) is 0 Å². The molecule has 0 aromatic rings. The molecule has 0 radical (unpaired) electrons. The third-order valence-electron chi connectivity index (χ3n) is 0.675. The van der Waals surface area contributed by atoms with Crippen molar-refractivity contribution in [1.82, 2.24) is 10.4 Å². The lowest BCUT2D eigenvalue weighted by Crippen LogP contribution is -2.23. The molecule has 0 aliphatic heterocycles. The summed E-state index contributed by atoms with van der Waals surface area (Å²) in [5.74, 6) is 0. The van der Waals surface area contributed by atoms with Crippen LogP contribution in [0.3, 0.4) is 0 Å². The zero-order chi connectivity index (χ0) is 6.41. The van der Waals surface area contributed by atoms with Crippen molar-refractivity contribution in [2.75, 3.05) is 27.4 Å². The summed E-state index contributed by atoms with van der Waals surface area (Å²) in [7, 11) is 3.72. The Bertz CT molecular complexity index is 47.7. The molecule has 0 aromatic carbocycles. The molecule has 3 heteroatoms. The molecule has 0 fully saturated rings. The van der Waals surface area contributed by atoms with Gasteiger partial charge in [-0.25, -0.2) is 0 Å². The van der Waals surface area contributed by atoms with E-state index >= 15 is 0 Å². The van der Waals surface area contributed by atoms with Gasteiger partial charge in [-0.05, 0) is 6.54 Å². The van der Waals surface area contributed by atoms with Crippen LogP contribution in [-0.4, -0.2) is 32.4 Å². The Morgan fingerprint density at radius 3 is 2.50 bits per heavy atom. The Kier molecular flexibility index (Phi) is 4.95. The SMILES string of the molecule is CCNCON(C)C. The first-order valence-corrected chi connectivity index (χ1v) is 2.78. The van der Waals surface area contributed by atoms with Crippen molar-refractivity contribution >= 4 is 0 Å². The maximum Gasteiger partial charge on any atom is 0.119 e. The van der Waals surface area contributed by atoms with Gasteiger partial charge in [-0.3, -0.25) is 10.2 Å². The summed E-state index contributed by atoms with van der Waals surface area (Å²) in [6.45, 7) is 3.59. The Hall–Kier alpha value is -0.120. The normalized spacial score (nSPS) is 10.5. The quantitative estimate of drug-likeness (QED) is 0.320. The molecule has 0 aliphatic rings. The fourth-order valence-electron chi connectivity index (χ4n) is 0.277. The molecule has 50 valence electrons. The Labute approximate surface area is 50.6 Å². The van der Waals surface area contributed by atoms with Crippen LogP contribution in [0.5, 0.6) is 0 Å². The summed E-state index contributed by atoms with van der Waals surface area (Å²) in [4.78, 5) is 5.00. The zero-order valence-corrected chi connectivity index (χ0v) is 5.77. The Morgan fingerprint density at radius 2 is 2.12 bits per heavy atom. The van der Waals surface area contributed by atoms with E-state index in [1.165, 1.54) is 0 Å². The fraction of sp³-hybridized carbons (Fsp3) is 1.00. The predicted molar refractivity (Wildman–Crippen MR) is 33.3 cm³/mol. The van der Waals surface area contributed by atoms with Crippen LogP contribution in [0.4, 0.5) is 0 Å². The molecule has 8 heavy (non-hydrogen) atoms. The van der Waals surface area contributed by atoms with Crippen LogP contribution in [-0.2, 0) is 4.84 Å². The highest BCUT2D eigenvalue weighted by Crippen LogP contribution is 1.72. The summed E-state index contributed by atoms with van der Waals surface area (Å²) >= 11 is 0. The Morgan fingerprint density at radius 1 is 1.50 bits per heavy atom. The van der Waals surface area contributed by atoms with Crippen LogP contribution >= 0.6 is 0 Å².